The number of piperazine rings is 1. The minimum Gasteiger partial charge on any atom is -0.508 e. The number of hydrogen-bond acceptors (Lipinski definition) is 5. The molecule has 0 saturated carbocycles. The van der Waals surface area contributed by atoms with E-state index < -0.39 is 5.60 Å². The summed E-state index contributed by atoms with van der Waals surface area (Å²) in [5.74, 6) is 0.291. The van der Waals surface area contributed by atoms with Gasteiger partial charge in [-0.15, -0.1) is 0 Å². The number of benzene rings is 1. The Morgan fingerprint density at radius 1 is 1.20 bits per heavy atom. The second-order valence-electron chi connectivity index (χ2n) is 7.58. The molecule has 6 heteroatoms. The monoisotopic (exact) mass is 349 g/mol. The average Bonchev–Trinajstić information content (AvgIpc) is 2.54. The van der Waals surface area contributed by atoms with Gasteiger partial charge in [-0.3, -0.25) is 4.90 Å². The molecule has 0 bridgehead atoms. The fourth-order valence-electron chi connectivity index (χ4n) is 2.80. The van der Waals surface area contributed by atoms with Gasteiger partial charge in [-0.25, -0.2) is 4.79 Å². The molecule has 2 N–H and O–H groups in total. The summed E-state index contributed by atoms with van der Waals surface area (Å²) < 4.78 is 5.42. The second-order valence-corrected chi connectivity index (χ2v) is 7.58. The van der Waals surface area contributed by atoms with Gasteiger partial charge in [0.05, 0.1) is 0 Å². The minimum atomic E-state index is -0.442. The van der Waals surface area contributed by atoms with Gasteiger partial charge in [-0.05, 0) is 45.4 Å². The molecular weight excluding hydrogens is 318 g/mol. The zero-order valence-electron chi connectivity index (χ0n) is 15.8. The van der Waals surface area contributed by atoms with E-state index in [0.717, 1.165) is 31.7 Å². The third-order valence-corrected chi connectivity index (χ3v) is 4.30. The molecule has 25 heavy (non-hydrogen) atoms. The zero-order valence-corrected chi connectivity index (χ0v) is 15.8. The highest BCUT2D eigenvalue weighted by atomic mass is 16.6. The molecule has 1 unspecified atom stereocenters. The third-order valence-electron chi connectivity index (χ3n) is 4.30. The van der Waals surface area contributed by atoms with Crippen molar-refractivity contribution in [3.05, 3.63) is 29.8 Å². The summed E-state index contributed by atoms with van der Waals surface area (Å²) in [6, 6.07) is 7.54. The number of hydrogen-bond donors (Lipinski definition) is 2. The van der Waals surface area contributed by atoms with Crippen LogP contribution >= 0.6 is 0 Å². The van der Waals surface area contributed by atoms with E-state index in [0.29, 0.717) is 18.8 Å². The molecule has 0 aromatic heterocycles. The highest BCUT2D eigenvalue weighted by Gasteiger charge is 2.25. The van der Waals surface area contributed by atoms with Crippen LogP contribution in [0.1, 0.15) is 39.3 Å². The first-order valence-corrected chi connectivity index (χ1v) is 8.97. The largest absolute Gasteiger partial charge is 0.508 e. The van der Waals surface area contributed by atoms with Gasteiger partial charge in [0.25, 0.3) is 0 Å². The smallest absolute Gasteiger partial charge is 0.410 e. The molecule has 0 radical (unpaired) electrons. The summed E-state index contributed by atoms with van der Waals surface area (Å²) >= 11 is 0. The van der Waals surface area contributed by atoms with Gasteiger partial charge in [-0.2, -0.15) is 0 Å². The molecule has 0 aliphatic carbocycles. The molecule has 0 spiro atoms. The van der Waals surface area contributed by atoms with Crippen molar-refractivity contribution in [2.75, 3.05) is 39.3 Å². The van der Waals surface area contributed by atoms with Crippen LogP contribution in [0, 0.1) is 0 Å². The maximum absolute atomic E-state index is 12.1. The Morgan fingerprint density at radius 2 is 1.80 bits per heavy atom. The molecule has 140 valence electrons. The molecule has 1 atom stereocenters. The average molecular weight is 349 g/mol. The van der Waals surface area contributed by atoms with Gasteiger partial charge in [0.15, 0.2) is 0 Å². The van der Waals surface area contributed by atoms with Gasteiger partial charge in [0, 0.05) is 45.3 Å². The van der Waals surface area contributed by atoms with Crippen molar-refractivity contribution >= 4 is 6.09 Å². The van der Waals surface area contributed by atoms with Gasteiger partial charge in [0.2, 0.25) is 0 Å². The highest BCUT2D eigenvalue weighted by Crippen LogP contribution is 2.16. The van der Waals surface area contributed by atoms with Crippen LogP contribution in [-0.2, 0) is 4.74 Å². The summed E-state index contributed by atoms with van der Waals surface area (Å²) in [4.78, 5) is 16.2. The van der Waals surface area contributed by atoms with Crippen LogP contribution in [0.3, 0.4) is 0 Å². The lowest BCUT2D eigenvalue weighted by atomic mass is 10.1. The molecule has 1 aromatic rings. The lowest BCUT2D eigenvalue weighted by molar-refractivity contribution is 0.0146. The zero-order chi connectivity index (χ0) is 18.4. The van der Waals surface area contributed by atoms with Crippen LogP contribution in [0.4, 0.5) is 4.79 Å². The Kier molecular flexibility index (Phi) is 6.67. The van der Waals surface area contributed by atoms with E-state index in [4.69, 9.17) is 4.74 Å². The Morgan fingerprint density at radius 3 is 2.36 bits per heavy atom. The van der Waals surface area contributed by atoms with Crippen molar-refractivity contribution in [2.24, 2.45) is 0 Å². The first-order valence-electron chi connectivity index (χ1n) is 8.97. The first-order chi connectivity index (χ1) is 11.7. The van der Waals surface area contributed by atoms with Crippen LogP contribution in [0.25, 0.3) is 0 Å². The first kappa shape index (κ1) is 19.5. The number of nitrogens with zero attached hydrogens (tertiary/aromatic N) is 2. The Balaban J connectivity index is 1.67. The van der Waals surface area contributed by atoms with Crippen LogP contribution in [0.2, 0.25) is 0 Å². The fraction of sp³-hybridized carbons (Fsp3) is 0.632. The Labute approximate surface area is 150 Å². The Bertz CT molecular complexity index is 546. The van der Waals surface area contributed by atoms with Crippen molar-refractivity contribution < 1.29 is 14.6 Å². The number of nitrogens with one attached hydrogen (secondary N) is 1. The number of ether oxygens (including phenoxy) is 1. The van der Waals surface area contributed by atoms with Crippen molar-refractivity contribution in [2.45, 2.75) is 39.3 Å². The third kappa shape index (κ3) is 6.55. The number of carbonyl (C=O) groups is 1. The van der Waals surface area contributed by atoms with Crippen LogP contribution in [0.15, 0.2) is 24.3 Å². The van der Waals surface area contributed by atoms with Gasteiger partial charge >= 0.3 is 6.09 Å². The van der Waals surface area contributed by atoms with Crippen molar-refractivity contribution in [1.82, 2.24) is 15.1 Å². The summed E-state index contributed by atoms with van der Waals surface area (Å²) in [6.45, 7) is 12.8. The lowest BCUT2D eigenvalue weighted by Crippen LogP contribution is -2.51. The number of phenols is 1. The van der Waals surface area contributed by atoms with E-state index in [2.05, 4.69) is 17.1 Å². The number of phenolic OH excluding ortho intramolecular Hbond substituents is 1. The molecule has 1 amide bonds. The maximum Gasteiger partial charge on any atom is 0.410 e. The molecule has 6 nitrogen and oxygen atoms in total. The number of rotatable bonds is 5. The molecule has 1 aromatic carbocycles. The molecular formula is C19H31N3O3. The van der Waals surface area contributed by atoms with Gasteiger partial charge in [-0.1, -0.05) is 12.1 Å². The summed E-state index contributed by atoms with van der Waals surface area (Å²) in [6.07, 6.45) is -0.216. The number of carbonyl (C=O) groups excluding carboxylic acids is 1. The molecule has 1 aliphatic rings. The minimum absolute atomic E-state index is 0.216. The standard InChI is InChI=1S/C19H31N3O3/c1-15(16-5-7-17(23)8-6-16)20-9-10-21-11-13-22(14-12-21)18(24)25-19(2,3)4/h5-8,15,20,23H,9-14H2,1-4H3. The molecule has 1 fully saturated rings. The summed E-state index contributed by atoms with van der Waals surface area (Å²) in [7, 11) is 0. The maximum atomic E-state index is 12.1. The normalized spacial score (nSPS) is 17.4. The van der Waals surface area contributed by atoms with Crippen LogP contribution < -0.4 is 5.32 Å². The molecule has 1 heterocycles. The molecule has 2 rings (SSSR count). The van der Waals surface area contributed by atoms with Gasteiger partial charge < -0.3 is 20.1 Å². The predicted molar refractivity (Wildman–Crippen MR) is 98.8 cm³/mol. The lowest BCUT2D eigenvalue weighted by Gasteiger charge is -2.35. The quantitative estimate of drug-likeness (QED) is 0.855. The second kappa shape index (κ2) is 8.54. The van der Waals surface area contributed by atoms with E-state index in [1.165, 1.54) is 0 Å². The van der Waals surface area contributed by atoms with E-state index in [-0.39, 0.29) is 12.1 Å². The fourth-order valence-corrected chi connectivity index (χ4v) is 2.80. The summed E-state index contributed by atoms with van der Waals surface area (Å²) in [5, 5.41) is 12.8. The number of aromatic hydroxyl groups is 1. The summed E-state index contributed by atoms with van der Waals surface area (Å²) in [5.41, 5.74) is 0.718. The molecule has 1 aliphatic heterocycles. The molecule has 1 saturated heterocycles. The van der Waals surface area contributed by atoms with Crippen molar-refractivity contribution in [3.8, 4) is 5.75 Å². The SMILES string of the molecule is CC(NCCN1CCN(C(=O)OC(C)(C)C)CC1)c1ccc(O)cc1. The van der Waals surface area contributed by atoms with Crippen molar-refractivity contribution in [3.63, 3.8) is 0 Å². The van der Waals surface area contributed by atoms with E-state index in [1.807, 2.05) is 32.9 Å². The predicted octanol–water partition coefficient (Wildman–Crippen LogP) is 2.60. The van der Waals surface area contributed by atoms with Gasteiger partial charge in [0.1, 0.15) is 11.4 Å². The van der Waals surface area contributed by atoms with Crippen molar-refractivity contribution in [1.29, 1.82) is 0 Å². The number of amides is 1. The van der Waals surface area contributed by atoms with E-state index in [9.17, 15) is 9.90 Å². The Hall–Kier alpha value is -1.79. The topological polar surface area (TPSA) is 65.0 Å². The van der Waals surface area contributed by atoms with E-state index in [1.54, 1.807) is 17.0 Å². The highest BCUT2D eigenvalue weighted by molar-refractivity contribution is 5.68. The van der Waals surface area contributed by atoms with E-state index >= 15 is 0 Å². The van der Waals surface area contributed by atoms with Crippen LogP contribution in [-0.4, -0.2) is 65.9 Å². The van der Waals surface area contributed by atoms with Crippen LogP contribution in [0.5, 0.6) is 5.75 Å².